The van der Waals surface area contributed by atoms with Crippen LogP contribution in [0.1, 0.15) is 22.5 Å². The highest BCUT2D eigenvalue weighted by Crippen LogP contribution is 2.34. The summed E-state index contributed by atoms with van der Waals surface area (Å²) in [7, 11) is 1.56. The summed E-state index contributed by atoms with van der Waals surface area (Å²) in [5, 5.41) is 11.5. The number of carbonyl (C=O) groups excluding carboxylic acids is 1. The van der Waals surface area contributed by atoms with Crippen LogP contribution in [0.2, 0.25) is 0 Å². The van der Waals surface area contributed by atoms with Crippen molar-refractivity contribution in [2.24, 2.45) is 5.92 Å². The molecule has 4 heterocycles. The summed E-state index contributed by atoms with van der Waals surface area (Å²) in [6.45, 7) is 3.83. The van der Waals surface area contributed by atoms with Gasteiger partial charge in [-0.05, 0) is 52.7 Å². The van der Waals surface area contributed by atoms with Crippen LogP contribution >= 0.6 is 27.3 Å². The van der Waals surface area contributed by atoms with Crippen LogP contribution in [0, 0.1) is 12.8 Å². The second-order valence-electron chi connectivity index (χ2n) is 6.95. The number of halogens is 1. The van der Waals surface area contributed by atoms with E-state index >= 15 is 0 Å². The zero-order chi connectivity index (χ0) is 21.8. The number of hydrogen-bond acceptors (Lipinski definition) is 9. The van der Waals surface area contributed by atoms with Gasteiger partial charge in [0.25, 0.3) is 11.1 Å². The van der Waals surface area contributed by atoms with Crippen molar-refractivity contribution in [3.05, 3.63) is 40.4 Å². The first-order valence-corrected chi connectivity index (χ1v) is 11.2. The molecule has 11 heteroatoms. The van der Waals surface area contributed by atoms with Crippen molar-refractivity contribution in [2.45, 2.75) is 13.3 Å². The minimum absolute atomic E-state index is 0.345. The molecule has 4 rings (SSSR count). The number of ether oxygens (including phenoxy) is 3. The van der Waals surface area contributed by atoms with Crippen molar-refractivity contribution in [3.8, 4) is 22.1 Å². The number of carbonyl (C=O) groups is 1. The molecule has 1 aliphatic heterocycles. The third-order valence-electron chi connectivity index (χ3n) is 4.72. The number of pyridine rings is 2. The zero-order valence-corrected chi connectivity index (χ0v) is 19.3. The number of anilines is 1. The molecule has 1 aliphatic rings. The molecular weight excluding hydrogens is 486 g/mol. The van der Waals surface area contributed by atoms with E-state index in [1.165, 1.54) is 17.5 Å². The number of amides is 1. The Kier molecular flexibility index (Phi) is 6.73. The van der Waals surface area contributed by atoms with Gasteiger partial charge in [-0.1, -0.05) is 5.10 Å². The maximum atomic E-state index is 13.0. The number of aryl methyl sites for hydroxylation is 1. The molecule has 1 saturated heterocycles. The van der Waals surface area contributed by atoms with E-state index in [0.717, 1.165) is 24.3 Å². The van der Waals surface area contributed by atoms with E-state index in [9.17, 15) is 4.79 Å². The van der Waals surface area contributed by atoms with Crippen molar-refractivity contribution in [2.75, 3.05) is 32.2 Å². The lowest BCUT2D eigenvalue weighted by Gasteiger charge is -2.13. The van der Waals surface area contributed by atoms with Crippen molar-refractivity contribution < 1.29 is 19.0 Å². The Morgan fingerprint density at radius 3 is 2.94 bits per heavy atom. The third kappa shape index (κ3) is 5.17. The fraction of sp³-hybridized carbons (Fsp3) is 0.350. The van der Waals surface area contributed by atoms with Crippen LogP contribution in [0.3, 0.4) is 0 Å². The van der Waals surface area contributed by atoms with Crippen molar-refractivity contribution in [1.82, 2.24) is 20.2 Å². The molecule has 0 radical (unpaired) electrons. The van der Waals surface area contributed by atoms with Crippen LogP contribution < -0.4 is 14.8 Å². The molecule has 0 saturated carbocycles. The fourth-order valence-corrected chi connectivity index (χ4v) is 4.07. The molecule has 1 fully saturated rings. The summed E-state index contributed by atoms with van der Waals surface area (Å²) in [6, 6.07) is 3.63. The van der Waals surface area contributed by atoms with Gasteiger partial charge in [-0.15, -0.1) is 5.10 Å². The van der Waals surface area contributed by atoms with E-state index in [-0.39, 0.29) is 5.91 Å². The quantitative estimate of drug-likeness (QED) is 0.483. The topological polar surface area (TPSA) is 108 Å². The summed E-state index contributed by atoms with van der Waals surface area (Å²) in [6.07, 6.45) is 4.10. The summed E-state index contributed by atoms with van der Waals surface area (Å²) >= 11 is 4.55. The average Bonchev–Trinajstić information content (AvgIpc) is 3.44. The molecule has 0 unspecified atom stereocenters. The van der Waals surface area contributed by atoms with Crippen molar-refractivity contribution in [3.63, 3.8) is 0 Å². The lowest BCUT2D eigenvalue weighted by atomic mass is 10.0. The Bertz CT molecular complexity index is 1090. The summed E-state index contributed by atoms with van der Waals surface area (Å²) in [4.78, 5) is 21.5. The zero-order valence-electron chi connectivity index (χ0n) is 16.9. The van der Waals surface area contributed by atoms with E-state index in [1.54, 1.807) is 19.4 Å². The number of nitrogens with zero attached hydrogens (tertiary/aromatic N) is 4. The fourth-order valence-electron chi connectivity index (χ4n) is 3.14. The minimum atomic E-state index is -0.357. The molecule has 0 aliphatic carbocycles. The maximum Gasteiger partial charge on any atom is 0.295 e. The number of aromatic nitrogens is 4. The molecular formula is C20H20BrN5O4S. The van der Waals surface area contributed by atoms with Gasteiger partial charge < -0.3 is 14.2 Å². The van der Waals surface area contributed by atoms with Gasteiger partial charge in [0.05, 0.1) is 32.1 Å². The van der Waals surface area contributed by atoms with Gasteiger partial charge >= 0.3 is 0 Å². The molecule has 0 aromatic carbocycles. The number of methoxy groups -OCH3 is 1. The average molecular weight is 506 g/mol. The lowest BCUT2D eigenvalue weighted by Crippen LogP contribution is -2.14. The highest BCUT2D eigenvalue weighted by Gasteiger charge is 2.20. The predicted octanol–water partition coefficient (Wildman–Crippen LogP) is 3.74. The van der Waals surface area contributed by atoms with Gasteiger partial charge in [0, 0.05) is 35.5 Å². The largest absolute Gasteiger partial charge is 0.494 e. The molecule has 162 valence electrons. The molecule has 0 spiro atoms. The normalized spacial score (nSPS) is 15.6. The molecule has 1 N–H and O–H groups in total. The summed E-state index contributed by atoms with van der Waals surface area (Å²) < 4.78 is 17.1. The Labute approximate surface area is 191 Å². The van der Waals surface area contributed by atoms with Gasteiger partial charge in [-0.2, -0.15) is 0 Å². The van der Waals surface area contributed by atoms with Crippen LogP contribution in [0.15, 0.2) is 29.1 Å². The Morgan fingerprint density at radius 2 is 2.16 bits per heavy atom. The van der Waals surface area contributed by atoms with E-state index in [2.05, 4.69) is 41.4 Å². The highest BCUT2D eigenvalue weighted by atomic mass is 79.9. The van der Waals surface area contributed by atoms with Crippen molar-refractivity contribution in [1.29, 1.82) is 0 Å². The Hall–Kier alpha value is -2.63. The van der Waals surface area contributed by atoms with E-state index in [0.29, 0.717) is 50.9 Å². The van der Waals surface area contributed by atoms with Crippen LogP contribution in [0.25, 0.3) is 11.1 Å². The van der Waals surface area contributed by atoms with E-state index < -0.39 is 0 Å². The van der Waals surface area contributed by atoms with E-state index in [1.807, 2.05) is 13.0 Å². The second kappa shape index (κ2) is 9.67. The Morgan fingerprint density at radius 1 is 1.29 bits per heavy atom. The van der Waals surface area contributed by atoms with Crippen LogP contribution in [-0.2, 0) is 4.74 Å². The monoisotopic (exact) mass is 505 g/mol. The minimum Gasteiger partial charge on any atom is -0.494 e. The van der Waals surface area contributed by atoms with Crippen LogP contribution in [0.5, 0.6) is 10.9 Å². The highest BCUT2D eigenvalue weighted by molar-refractivity contribution is 9.10. The van der Waals surface area contributed by atoms with Crippen LogP contribution in [-0.4, -0.2) is 53.0 Å². The number of rotatable bonds is 7. The molecule has 31 heavy (non-hydrogen) atoms. The first-order valence-electron chi connectivity index (χ1n) is 9.55. The molecule has 1 atom stereocenters. The predicted molar refractivity (Wildman–Crippen MR) is 119 cm³/mol. The Balaban J connectivity index is 1.54. The standard InChI is InChI=1S/C20H20BrN5O4S/c1-11-5-13(14-6-17(21)23-8-16(14)28-2)15(7-22-11)18(27)24-19-25-26-20(31-19)30-10-12-3-4-29-9-12/h5-8,12H,3-4,9-10H2,1-2H3,(H,24,25,27)/t12-/m1/s1. The number of hydrogen-bond donors (Lipinski definition) is 1. The maximum absolute atomic E-state index is 13.0. The molecule has 3 aromatic rings. The SMILES string of the molecule is COc1cnc(Br)cc1-c1cc(C)ncc1C(=O)Nc1nnc(OC[C@@H]2CCOC2)s1. The summed E-state index contributed by atoms with van der Waals surface area (Å²) in [5.41, 5.74) is 2.54. The molecule has 9 nitrogen and oxygen atoms in total. The molecule has 1 amide bonds. The second-order valence-corrected chi connectivity index (χ2v) is 8.70. The van der Waals surface area contributed by atoms with Gasteiger partial charge in [-0.25, -0.2) is 4.98 Å². The van der Waals surface area contributed by atoms with Crippen LogP contribution in [0.4, 0.5) is 5.13 Å². The smallest absolute Gasteiger partial charge is 0.295 e. The van der Waals surface area contributed by atoms with E-state index in [4.69, 9.17) is 14.2 Å². The summed E-state index contributed by atoms with van der Waals surface area (Å²) in [5.74, 6) is 0.549. The molecule has 3 aromatic heterocycles. The first-order chi connectivity index (χ1) is 15.0. The lowest BCUT2D eigenvalue weighted by molar-refractivity contribution is 0.102. The first kappa shape index (κ1) is 21.6. The molecule has 0 bridgehead atoms. The van der Waals surface area contributed by atoms with Crippen molar-refractivity contribution >= 4 is 38.3 Å². The van der Waals surface area contributed by atoms with Gasteiger partial charge in [0.15, 0.2) is 0 Å². The van der Waals surface area contributed by atoms with Gasteiger partial charge in [-0.3, -0.25) is 15.1 Å². The third-order valence-corrected chi connectivity index (χ3v) is 5.91. The van der Waals surface area contributed by atoms with Gasteiger partial charge in [0.1, 0.15) is 10.4 Å². The van der Waals surface area contributed by atoms with Gasteiger partial charge in [0.2, 0.25) is 5.13 Å². The number of nitrogens with one attached hydrogen (secondary N) is 1.